The van der Waals surface area contributed by atoms with Crippen LogP contribution in [0.5, 0.6) is 11.5 Å². The SMILES string of the molecule is COc1cc(C=NCC(=O)CSC(c2ccccc2)c2ccccc2)ccc1O. The van der Waals surface area contributed by atoms with Crippen molar-refractivity contribution in [3.8, 4) is 11.5 Å². The van der Waals surface area contributed by atoms with Gasteiger partial charge in [0, 0.05) is 6.21 Å². The average Bonchev–Trinajstić information content (AvgIpc) is 2.76. The normalized spacial score (nSPS) is 11.1. The maximum absolute atomic E-state index is 12.4. The molecule has 0 saturated heterocycles. The van der Waals surface area contributed by atoms with Gasteiger partial charge in [-0.15, -0.1) is 11.8 Å². The number of aliphatic imine (C=N–C) groups is 1. The van der Waals surface area contributed by atoms with Crippen molar-refractivity contribution in [2.45, 2.75) is 5.25 Å². The first-order valence-corrected chi connectivity index (χ1v) is 10.3. The highest BCUT2D eigenvalue weighted by molar-refractivity contribution is 8.00. The summed E-state index contributed by atoms with van der Waals surface area (Å²) in [6.45, 7) is 0.118. The zero-order valence-electron chi connectivity index (χ0n) is 16.2. The molecule has 3 rings (SSSR count). The number of thioether (sulfide) groups is 1. The van der Waals surface area contributed by atoms with Crippen molar-refractivity contribution in [1.82, 2.24) is 0 Å². The summed E-state index contributed by atoms with van der Waals surface area (Å²) in [5.41, 5.74) is 3.12. The Hall–Kier alpha value is -3.05. The molecule has 0 spiro atoms. The Morgan fingerprint density at radius 1 is 1.03 bits per heavy atom. The van der Waals surface area contributed by atoms with Crippen LogP contribution in [0.3, 0.4) is 0 Å². The van der Waals surface area contributed by atoms with Crippen LogP contribution in [-0.2, 0) is 4.79 Å². The number of rotatable bonds is 9. The summed E-state index contributed by atoms with van der Waals surface area (Å²) in [6, 6.07) is 25.4. The van der Waals surface area contributed by atoms with Gasteiger partial charge >= 0.3 is 0 Å². The van der Waals surface area contributed by atoms with E-state index in [1.54, 1.807) is 36.2 Å². The van der Waals surface area contributed by atoms with Crippen molar-refractivity contribution in [2.24, 2.45) is 4.99 Å². The summed E-state index contributed by atoms with van der Waals surface area (Å²) in [7, 11) is 1.49. The quantitative estimate of drug-likeness (QED) is 0.514. The monoisotopic (exact) mass is 405 g/mol. The number of carbonyl (C=O) groups excluding carboxylic acids is 1. The van der Waals surface area contributed by atoms with Gasteiger partial charge in [0.1, 0.15) is 0 Å². The molecule has 29 heavy (non-hydrogen) atoms. The van der Waals surface area contributed by atoms with Crippen LogP contribution in [0.2, 0.25) is 0 Å². The van der Waals surface area contributed by atoms with Crippen LogP contribution >= 0.6 is 11.8 Å². The molecule has 0 aliphatic carbocycles. The van der Waals surface area contributed by atoms with E-state index in [9.17, 15) is 9.90 Å². The van der Waals surface area contributed by atoms with Crippen molar-refractivity contribution >= 4 is 23.8 Å². The minimum Gasteiger partial charge on any atom is -0.504 e. The van der Waals surface area contributed by atoms with Gasteiger partial charge in [-0.05, 0) is 34.9 Å². The fourth-order valence-electron chi connectivity index (χ4n) is 2.89. The van der Waals surface area contributed by atoms with E-state index in [4.69, 9.17) is 4.74 Å². The van der Waals surface area contributed by atoms with Gasteiger partial charge in [0.05, 0.1) is 24.7 Å². The van der Waals surface area contributed by atoms with Gasteiger partial charge in [0.25, 0.3) is 0 Å². The number of ether oxygens (including phenoxy) is 1. The standard InChI is InChI=1S/C24H23NO3S/c1-28-23-14-18(12-13-22(23)27)15-25-16-21(26)17-29-24(19-8-4-2-5-9-19)20-10-6-3-7-11-20/h2-15,24,27H,16-17H2,1H3. The van der Waals surface area contributed by atoms with Gasteiger partial charge in [0.15, 0.2) is 17.3 Å². The molecule has 3 aromatic rings. The number of carbonyl (C=O) groups is 1. The molecule has 3 aromatic carbocycles. The summed E-state index contributed by atoms with van der Waals surface area (Å²) >= 11 is 1.61. The summed E-state index contributed by atoms with van der Waals surface area (Å²) in [5, 5.41) is 9.74. The van der Waals surface area contributed by atoms with Crippen molar-refractivity contribution in [3.63, 3.8) is 0 Å². The first-order valence-electron chi connectivity index (χ1n) is 9.27. The molecule has 5 heteroatoms. The Labute approximate surface area is 175 Å². The van der Waals surface area contributed by atoms with E-state index in [0.717, 1.165) is 5.56 Å². The van der Waals surface area contributed by atoms with Crippen LogP contribution < -0.4 is 4.74 Å². The molecule has 1 N–H and O–H groups in total. The minimum absolute atomic E-state index is 0.0638. The minimum atomic E-state index is 0.0638. The number of phenolic OH excluding ortho intramolecular Hbond substituents is 1. The lowest BCUT2D eigenvalue weighted by Crippen LogP contribution is -2.08. The molecular formula is C24H23NO3S. The second-order valence-corrected chi connectivity index (χ2v) is 7.55. The third kappa shape index (κ3) is 5.96. The highest BCUT2D eigenvalue weighted by Crippen LogP contribution is 2.35. The lowest BCUT2D eigenvalue weighted by molar-refractivity contribution is -0.115. The average molecular weight is 406 g/mol. The fraction of sp³-hybridized carbons (Fsp3) is 0.167. The molecule has 0 unspecified atom stereocenters. The molecule has 0 heterocycles. The van der Waals surface area contributed by atoms with E-state index < -0.39 is 0 Å². The summed E-state index contributed by atoms with van der Waals surface area (Å²) in [4.78, 5) is 16.6. The van der Waals surface area contributed by atoms with Crippen LogP contribution in [0.15, 0.2) is 83.9 Å². The number of hydrogen-bond acceptors (Lipinski definition) is 5. The Morgan fingerprint density at radius 2 is 1.66 bits per heavy atom. The van der Waals surface area contributed by atoms with E-state index in [0.29, 0.717) is 11.5 Å². The number of Topliss-reactive ketones (excluding diaryl/α,β-unsaturated/α-hetero) is 1. The number of nitrogens with zero attached hydrogens (tertiary/aromatic N) is 1. The largest absolute Gasteiger partial charge is 0.504 e. The van der Waals surface area contributed by atoms with Crippen molar-refractivity contribution in [1.29, 1.82) is 0 Å². The van der Waals surface area contributed by atoms with Gasteiger partial charge in [-0.1, -0.05) is 60.7 Å². The summed E-state index contributed by atoms with van der Waals surface area (Å²) in [6.07, 6.45) is 1.62. The van der Waals surface area contributed by atoms with Gasteiger partial charge in [-0.3, -0.25) is 9.79 Å². The number of ketones is 1. The number of benzene rings is 3. The highest BCUT2D eigenvalue weighted by atomic mass is 32.2. The number of aromatic hydroxyl groups is 1. The predicted octanol–water partition coefficient (Wildman–Crippen LogP) is 4.91. The molecular weight excluding hydrogens is 382 g/mol. The second-order valence-electron chi connectivity index (χ2n) is 6.45. The smallest absolute Gasteiger partial charge is 0.164 e. The van der Waals surface area contributed by atoms with E-state index >= 15 is 0 Å². The van der Waals surface area contributed by atoms with Crippen LogP contribution in [0.4, 0.5) is 0 Å². The molecule has 4 nitrogen and oxygen atoms in total. The predicted molar refractivity (Wildman–Crippen MR) is 119 cm³/mol. The second kappa shape index (κ2) is 10.5. The fourth-order valence-corrected chi connectivity index (χ4v) is 4.03. The Kier molecular flexibility index (Phi) is 7.47. The van der Waals surface area contributed by atoms with Gasteiger partial charge in [-0.25, -0.2) is 0 Å². The number of phenols is 1. The summed E-state index contributed by atoms with van der Waals surface area (Å²) in [5.74, 6) is 0.897. The van der Waals surface area contributed by atoms with Gasteiger partial charge in [0.2, 0.25) is 0 Å². The Balaban J connectivity index is 1.60. The van der Waals surface area contributed by atoms with Crippen LogP contribution in [0, 0.1) is 0 Å². The van der Waals surface area contributed by atoms with Crippen molar-refractivity contribution in [2.75, 3.05) is 19.4 Å². The van der Waals surface area contributed by atoms with Crippen molar-refractivity contribution < 1.29 is 14.6 Å². The third-order valence-corrected chi connectivity index (χ3v) is 5.69. The zero-order chi connectivity index (χ0) is 20.5. The van der Waals surface area contributed by atoms with E-state index in [1.165, 1.54) is 18.2 Å². The molecule has 0 aromatic heterocycles. The van der Waals surface area contributed by atoms with Crippen LogP contribution in [0.1, 0.15) is 21.9 Å². The highest BCUT2D eigenvalue weighted by Gasteiger charge is 2.16. The van der Waals surface area contributed by atoms with E-state index in [-0.39, 0.29) is 23.3 Å². The molecule has 0 saturated carbocycles. The number of hydrogen-bond donors (Lipinski definition) is 1. The van der Waals surface area contributed by atoms with Gasteiger partial charge < -0.3 is 9.84 Å². The first-order chi connectivity index (χ1) is 14.2. The topological polar surface area (TPSA) is 58.9 Å². The van der Waals surface area contributed by atoms with E-state index in [2.05, 4.69) is 29.3 Å². The molecule has 0 atom stereocenters. The molecule has 0 bridgehead atoms. The third-order valence-electron chi connectivity index (χ3n) is 4.33. The van der Waals surface area contributed by atoms with Crippen molar-refractivity contribution in [3.05, 3.63) is 95.6 Å². The maximum atomic E-state index is 12.4. The van der Waals surface area contributed by atoms with Crippen LogP contribution in [0.25, 0.3) is 0 Å². The molecule has 0 aliphatic rings. The van der Waals surface area contributed by atoms with Gasteiger partial charge in [-0.2, -0.15) is 0 Å². The zero-order valence-corrected chi connectivity index (χ0v) is 17.0. The Bertz CT molecular complexity index is 919. The molecule has 148 valence electrons. The first kappa shape index (κ1) is 20.7. The molecule has 0 fully saturated rings. The lowest BCUT2D eigenvalue weighted by Gasteiger charge is -2.17. The lowest BCUT2D eigenvalue weighted by atomic mass is 10.0. The Morgan fingerprint density at radius 3 is 2.24 bits per heavy atom. The van der Waals surface area contributed by atoms with E-state index in [1.807, 2.05) is 36.4 Å². The summed E-state index contributed by atoms with van der Waals surface area (Å²) < 4.78 is 5.08. The maximum Gasteiger partial charge on any atom is 0.164 e. The molecule has 0 aliphatic heterocycles. The molecule has 0 amide bonds. The molecule has 0 radical (unpaired) electrons. The number of methoxy groups -OCH3 is 1. The van der Waals surface area contributed by atoms with Crippen LogP contribution in [-0.4, -0.2) is 36.5 Å².